The van der Waals surface area contributed by atoms with Gasteiger partial charge in [0.05, 0.1) is 5.69 Å². The van der Waals surface area contributed by atoms with E-state index in [0.717, 1.165) is 28.0 Å². The molecular formula is C14H17BrN4. The first-order chi connectivity index (χ1) is 9.20. The highest BCUT2D eigenvalue weighted by molar-refractivity contribution is 9.10. The van der Waals surface area contributed by atoms with Crippen molar-refractivity contribution in [3.63, 3.8) is 0 Å². The molecule has 0 aliphatic carbocycles. The molecule has 0 spiro atoms. The van der Waals surface area contributed by atoms with Crippen LogP contribution in [0.2, 0.25) is 0 Å². The monoisotopic (exact) mass is 320 g/mol. The fraction of sp³-hybridized carbons (Fsp3) is 0.286. The van der Waals surface area contributed by atoms with Gasteiger partial charge in [0.25, 0.3) is 0 Å². The quantitative estimate of drug-likeness (QED) is 0.888. The Morgan fingerprint density at radius 2 is 2.00 bits per heavy atom. The number of hydrogen-bond acceptors (Lipinski definition) is 4. The molecular weight excluding hydrogens is 304 g/mol. The minimum absolute atomic E-state index is 0.300. The highest BCUT2D eigenvalue weighted by atomic mass is 79.9. The van der Waals surface area contributed by atoms with E-state index in [4.69, 9.17) is 5.73 Å². The molecule has 1 atom stereocenters. The smallest absolute Gasteiger partial charge is 0.148 e. The van der Waals surface area contributed by atoms with E-state index in [9.17, 15) is 0 Å². The topological polar surface area (TPSA) is 63.8 Å². The summed E-state index contributed by atoms with van der Waals surface area (Å²) < 4.78 is 1.02. The molecule has 1 unspecified atom stereocenters. The Balaban J connectivity index is 2.13. The van der Waals surface area contributed by atoms with Crippen molar-refractivity contribution < 1.29 is 0 Å². The summed E-state index contributed by atoms with van der Waals surface area (Å²) >= 11 is 3.52. The molecule has 1 aromatic carbocycles. The molecule has 4 nitrogen and oxygen atoms in total. The molecule has 0 saturated carbocycles. The van der Waals surface area contributed by atoms with Crippen LogP contribution >= 0.6 is 15.9 Å². The molecule has 2 rings (SSSR count). The number of hydrogen-bond donors (Lipinski definition) is 2. The molecule has 1 aromatic heterocycles. The molecule has 0 radical (unpaired) electrons. The van der Waals surface area contributed by atoms with Crippen molar-refractivity contribution in [1.29, 1.82) is 0 Å². The highest BCUT2D eigenvalue weighted by Crippen LogP contribution is 2.26. The number of rotatable bonds is 5. The lowest BCUT2D eigenvalue weighted by Gasteiger charge is -2.12. The van der Waals surface area contributed by atoms with Gasteiger partial charge < -0.3 is 11.1 Å². The third-order valence-electron chi connectivity index (χ3n) is 2.81. The molecule has 1 heterocycles. The SMILES string of the molecule is CC(CCN)Nc1ccc(-c2ccccc2Br)nn1. The van der Waals surface area contributed by atoms with Crippen molar-refractivity contribution in [2.24, 2.45) is 5.73 Å². The van der Waals surface area contributed by atoms with Crippen LogP contribution in [0.25, 0.3) is 11.3 Å². The third-order valence-corrected chi connectivity index (χ3v) is 3.50. The summed E-state index contributed by atoms with van der Waals surface area (Å²) in [5, 5.41) is 11.7. The molecule has 0 fully saturated rings. The number of halogens is 1. The minimum Gasteiger partial charge on any atom is -0.366 e. The Morgan fingerprint density at radius 1 is 1.21 bits per heavy atom. The van der Waals surface area contributed by atoms with Crippen molar-refractivity contribution in [3.8, 4) is 11.3 Å². The van der Waals surface area contributed by atoms with Crippen LogP contribution in [0.1, 0.15) is 13.3 Å². The number of aromatic nitrogens is 2. The Morgan fingerprint density at radius 3 is 2.63 bits per heavy atom. The number of nitrogens with two attached hydrogens (primary N) is 1. The van der Waals surface area contributed by atoms with E-state index in [-0.39, 0.29) is 0 Å². The number of nitrogens with zero attached hydrogens (tertiary/aromatic N) is 2. The molecule has 2 aromatic rings. The normalized spacial score (nSPS) is 12.2. The van der Waals surface area contributed by atoms with Crippen LogP contribution in [-0.2, 0) is 0 Å². The van der Waals surface area contributed by atoms with Gasteiger partial charge in [-0.1, -0.05) is 34.1 Å². The van der Waals surface area contributed by atoms with Gasteiger partial charge in [0, 0.05) is 16.1 Å². The van der Waals surface area contributed by atoms with Crippen molar-refractivity contribution >= 4 is 21.7 Å². The summed E-state index contributed by atoms with van der Waals surface area (Å²) in [5.41, 5.74) is 7.41. The first kappa shape index (κ1) is 14.0. The van der Waals surface area contributed by atoms with Crippen LogP contribution < -0.4 is 11.1 Å². The van der Waals surface area contributed by atoms with Crippen LogP contribution in [0.5, 0.6) is 0 Å². The maximum absolute atomic E-state index is 5.52. The molecule has 0 saturated heterocycles. The van der Waals surface area contributed by atoms with Gasteiger partial charge in [-0.2, -0.15) is 0 Å². The van der Waals surface area contributed by atoms with Gasteiger partial charge in [-0.15, -0.1) is 10.2 Å². The summed E-state index contributed by atoms with van der Waals surface area (Å²) in [4.78, 5) is 0. The van der Waals surface area contributed by atoms with Gasteiger partial charge in [-0.25, -0.2) is 0 Å². The van der Waals surface area contributed by atoms with Crippen molar-refractivity contribution in [2.45, 2.75) is 19.4 Å². The number of benzene rings is 1. The zero-order valence-electron chi connectivity index (χ0n) is 10.8. The van der Waals surface area contributed by atoms with E-state index >= 15 is 0 Å². The first-order valence-electron chi connectivity index (χ1n) is 6.26. The van der Waals surface area contributed by atoms with Crippen molar-refractivity contribution in [2.75, 3.05) is 11.9 Å². The molecule has 0 aliphatic rings. The molecule has 5 heteroatoms. The summed E-state index contributed by atoms with van der Waals surface area (Å²) in [5.74, 6) is 0.775. The summed E-state index contributed by atoms with van der Waals surface area (Å²) in [7, 11) is 0. The molecule has 0 aliphatic heterocycles. The maximum atomic E-state index is 5.52. The Kier molecular flexibility index (Phi) is 4.87. The molecule has 0 bridgehead atoms. The molecule has 19 heavy (non-hydrogen) atoms. The number of anilines is 1. The van der Waals surface area contributed by atoms with Crippen LogP contribution in [0.3, 0.4) is 0 Å². The van der Waals surface area contributed by atoms with Crippen LogP contribution in [0.4, 0.5) is 5.82 Å². The zero-order chi connectivity index (χ0) is 13.7. The van der Waals surface area contributed by atoms with Gasteiger partial charge in [-0.05, 0) is 38.1 Å². The van der Waals surface area contributed by atoms with E-state index in [2.05, 4.69) is 38.4 Å². The van der Waals surface area contributed by atoms with Gasteiger partial charge >= 0.3 is 0 Å². The minimum atomic E-state index is 0.300. The molecule has 3 N–H and O–H groups in total. The summed E-state index contributed by atoms with van der Waals surface area (Å²) in [6.07, 6.45) is 0.910. The molecule has 0 amide bonds. The van der Waals surface area contributed by atoms with Gasteiger partial charge in [0.15, 0.2) is 0 Å². The van der Waals surface area contributed by atoms with Gasteiger partial charge in [0.1, 0.15) is 5.82 Å². The Hall–Kier alpha value is -1.46. The van der Waals surface area contributed by atoms with Crippen LogP contribution in [0, 0.1) is 0 Å². The third kappa shape index (κ3) is 3.75. The lowest BCUT2D eigenvalue weighted by molar-refractivity contribution is 0.711. The fourth-order valence-electron chi connectivity index (χ4n) is 1.80. The first-order valence-corrected chi connectivity index (χ1v) is 7.05. The number of nitrogens with one attached hydrogen (secondary N) is 1. The van der Waals surface area contributed by atoms with E-state index in [1.807, 2.05) is 36.4 Å². The summed E-state index contributed by atoms with van der Waals surface area (Å²) in [6, 6.07) is 12.2. The van der Waals surface area contributed by atoms with E-state index < -0.39 is 0 Å². The predicted molar refractivity (Wildman–Crippen MR) is 81.9 cm³/mol. The lowest BCUT2D eigenvalue weighted by Crippen LogP contribution is -2.20. The Labute approximate surface area is 121 Å². The van der Waals surface area contributed by atoms with E-state index in [1.165, 1.54) is 0 Å². The van der Waals surface area contributed by atoms with Crippen molar-refractivity contribution in [3.05, 3.63) is 40.9 Å². The second-order valence-corrected chi connectivity index (χ2v) is 5.26. The van der Waals surface area contributed by atoms with Crippen molar-refractivity contribution in [1.82, 2.24) is 10.2 Å². The van der Waals surface area contributed by atoms with Gasteiger partial charge in [-0.3, -0.25) is 0 Å². The summed E-state index contributed by atoms with van der Waals surface area (Å²) in [6.45, 7) is 2.74. The lowest BCUT2D eigenvalue weighted by atomic mass is 10.1. The second-order valence-electron chi connectivity index (χ2n) is 4.41. The standard InChI is InChI=1S/C14H17BrN4/c1-10(8-9-16)17-14-7-6-13(18-19-14)11-4-2-3-5-12(11)15/h2-7,10H,8-9,16H2,1H3,(H,17,19). The fourth-order valence-corrected chi connectivity index (χ4v) is 2.28. The Bertz CT molecular complexity index is 527. The van der Waals surface area contributed by atoms with E-state index in [0.29, 0.717) is 12.6 Å². The van der Waals surface area contributed by atoms with Gasteiger partial charge in [0.2, 0.25) is 0 Å². The second kappa shape index (κ2) is 6.63. The van der Waals surface area contributed by atoms with Crippen LogP contribution in [0.15, 0.2) is 40.9 Å². The average Bonchev–Trinajstić information content (AvgIpc) is 2.41. The van der Waals surface area contributed by atoms with Crippen LogP contribution in [-0.4, -0.2) is 22.8 Å². The predicted octanol–water partition coefficient (Wildman–Crippen LogP) is 3.06. The average molecular weight is 321 g/mol. The largest absolute Gasteiger partial charge is 0.366 e. The maximum Gasteiger partial charge on any atom is 0.148 e. The van der Waals surface area contributed by atoms with E-state index in [1.54, 1.807) is 0 Å². The zero-order valence-corrected chi connectivity index (χ0v) is 12.4. The molecule has 100 valence electrons. The highest BCUT2D eigenvalue weighted by Gasteiger charge is 2.06.